The second-order valence-corrected chi connectivity index (χ2v) is 10.1. The number of esters is 3. The lowest BCUT2D eigenvalue weighted by Gasteiger charge is -2.34. The van der Waals surface area contributed by atoms with Crippen LogP contribution in [-0.2, 0) is 38.1 Å². The minimum absolute atomic E-state index is 0.0450. The maximum atomic E-state index is 12.7. The molecule has 0 aromatic rings. The lowest BCUT2D eigenvalue weighted by molar-refractivity contribution is -0.163. The Labute approximate surface area is 206 Å². The van der Waals surface area contributed by atoms with Crippen molar-refractivity contribution >= 4 is 29.5 Å². The maximum absolute atomic E-state index is 12.7. The summed E-state index contributed by atoms with van der Waals surface area (Å²) in [7, 11) is 1.72. The van der Waals surface area contributed by atoms with Crippen molar-refractivity contribution in [2.75, 3.05) is 13.9 Å². The first-order valence-corrected chi connectivity index (χ1v) is 12.8. The number of carbonyl (C=O) groups is 3. The predicted octanol–water partition coefficient (Wildman–Crippen LogP) is 4.07. The highest BCUT2D eigenvalue weighted by Crippen LogP contribution is 2.34. The fourth-order valence-corrected chi connectivity index (χ4v) is 5.43. The van der Waals surface area contributed by atoms with E-state index in [4.69, 9.17) is 35.3 Å². The molecule has 8 nitrogen and oxygen atoms in total. The lowest BCUT2D eigenvalue weighted by atomic mass is 9.85. The summed E-state index contributed by atoms with van der Waals surface area (Å²) in [6.45, 7) is 3.22. The van der Waals surface area contributed by atoms with E-state index in [9.17, 15) is 14.4 Å². The first kappa shape index (κ1) is 27.0. The molecule has 3 aliphatic rings. The van der Waals surface area contributed by atoms with Gasteiger partial charge >= 0.3 is 17.9 Å². The predicted molar refractivity (Wildman–Crippen MR) is 124 cm³/mol. The van der Waals surface area contributed by atoms with E-state index in [-0.39, 0.29) is 55.0 Å². The second-order valence-electron chi connectivity index (χ2n) is 9.50. The highest BCUT2D eigenvalue weighted by Gasteiger charge is 2.38. The van der Waals surface area contributed by atoms with Crippen LogP contribution in [0.1, 0.15) is 70.6 Å². The van der Waals surface area contributed by atoms with Gasteiger partial charge in [0.1, 0.15) is 12.2 Å². The van der Waals surface area contributed by atoms with Crippen LogP contribution >= 0.6 is 11.6 Å². The zero-order valence-corrected chi connectivity index (χ0v) is 20.7. The van der Waals surface area contributed by atoms with Gasteiger partial charge in [0.15, 0.2) is 6.79 Å². The SMILES string of the molecule is C=CC(=O)OCOC1CCC(C(=O)OC2CCC(C(=O)OC3CCC(OC)CC3)CC2Cl)CC1. The molecule has 0 aromatic carbocycles. The molecule has 34 heavy (non-hydrogen) atoms. The van der Waals surface area contributed by atoms with E-state index >= 15 is 0 Å². The summed E-state index contributed by atoms with van der Waals surface area (Å²) in [4.78, 5) is 36.4. The average Bonchev–Trinajstić information content (AvgIpc) is 2.85. The number of halogens is 1. The van der Waals surface area contributed by atoms with Crippen molar-refractivity contribution in [3.63, 3.8) is 0 Å². The maximum Gasteiger partial charge on any atom is 0.332 e. The molecule has 0 bridgehead atoms. The molecule has 0 heterocycles. The van der Waals surface area contributed by atoms with E-state index in [1.807, 2.05) is 0 Å². The molecule has 3 atom stereocenters. The van der Waals surface area contributed by atoms with Gasteiger partial charge in [-0.05, 0) is 70.6 Å². The molecule has 3 rings (SSSR count). The summed E-state index contributed by atoms with van der Waals surface area (Å²) in [5.74, 6) is -1.38. The van der Waals surface area contributed by atoms with Crippen LogP contribution in [0.2, 0.25) is 0 Å². The zero-order chi connectivity index (χ0) is 24.5. The molecular formula is C25H37ClO8. The van der Waals surface area contributed by atoms with Crippen molar-refractivity contribution in [2.24, 2.45) is 11.8 Å². The Bertz CT molecular complexity index is 697. The van der Waals surface area contributed by atoms with Crippen molar-refractivity contribution in [1.82, 2.24) is 0 Å². The number of methoxy groups -OCH3 is 1. The van der Waals surface area contributed by atoms with Crippen LogP contribution < -0.4 is 0 Å². The minimum atomic E-state index is -0.523. The Hall–Kier alpha value is -1.64. The fourth-order valence-electron chi connectivity index (χ4n) is 5.04. The van der Waals surface area contributed by atoms with E-state index < -0.39 is 11.3 Å². The molecule has 192 valence electrons. The monoisotopic (exact) mass is 500 g/mol. The topological polar surface area (TPSA) is 97.4 Å². The Morgan fingerprint density at radius 1 is 0.824 bits per heavy atom. The quantitative estimate of drug-likeness (QED) is 0.154. The third-order valence-electron chi connectivity index (χ3n) is 7.23. The number of hydrogen-bond acceptors (Lipinski definition) is 8. The van der Waals surface area contributed by atoms with Gasteiger partial charge in [-0.3, -0.25) is 9.59 Å². The highest BCUT2D eigenvalue weighted by atomic mass is 35.5. The van der Waals surface area contributed by atoms with Crippen molar-refractivity contribution < 1.29 is 38.1 Å². The number of ether oxygens (including phenoxy) is 5. The van der Waals surface area contributed by atoms with Crippen molar-refractivity contribution in [3.8, 4) is 0 Å². The van der Waals surface area contributed by atoms with Gasteiger partial charge in [-0.25, -0.2) is 4.79 Å². The number of rotatable bonds is 9. The summed E-state index contributed by atoms with van der Waals surface area (Å²) in [6.07, 6.45) is 8.66. The summed E-state index contributed by atoms with van der Waals surface area (Å²) in [5, 5.41) is -0.404. The van der Waals surface area contributed by atoms with Crippen LogP contribution in [0.25, 0.3) is 0 Å². The van der Waals surface area contributed by atoms with E-state index in [2.05, 4.69) is 6.58 Å². The number of alkyl halides is 1. The molecule has 0 saturated heterocycles. The van der Waals surface area contributed by atoms with Gasteiger partial charge in [-0.2, -0.15) is 0 Å². The fraction of sp³-hybridized carbons (Fsp3) is 0.800. The molecule has 3 aliphatic carbocycles. The van der Waals surface area contributed by atoms with E-state index in [0.717, 1.165) is 31.8 Å². The van der Waals surface area contributed by atoms with E-state index in [1.54, 1.807) is 7.11 Å². The Morgan fingerprint density at radius 2 is 1.41 bits per heavy atom. The minimum Gasteiger partial charge on any atom is -0.462 e. The largest absolute Gasteiger partial charge is 0.462 e. The zero-order valence-electron chi connectivity index (χ0n) is 20.0. The molecule has 3 saturated carbocycles. The lowest BCUT2D eigenvalue weighted by Crippen LogP contribution is -2.40. The third-order valence-corrected chi connectivity index (χ3v) is 7.69. The molecule has 0 aliphatic heterocycles. The highest BCUT2D eigenvalue weighted by molar-refractivity contribution is 6.21. The molecular weight excluding hydrogens is 464 g/mol. The van der Waals surface area contributed by atoms with Gasteiger partial charge in [0.05, 0.1) is 29.4 Å². The summed E-state index contributed by atoms with van der Waals surface area (Å²) in [6, 6.07) is 0. The molecule has 0 radical (unpaired) electrons. The van der Waals surface area contributed by atoms with Crippen LogP contribution in [0.5, 0.6) is 0 Å². The number of hydrogen-bond donors (Lipinski definition) is 0. The van der Waals surface area contributed by atoms with Gasteiger partial charge in [-0.15, -0.1) is 11.6 Å². The van der Waals surface area contributed by atoms with Crippen LogP contribution in [-0.4, -0.2) is 61.6 Å². The number of carbonyl (C=O) groups excluding carboxylic acids is 3. The second kappa shape index (κ2) is 13.4. The van der Waals surface area contributed by atoms with Crippen LogP contribution in [0.15, 0.2) is 12.7 Å². The molecule has 0 N–H and O–H groups in total. The van der Waals surface area contributed by atoms with Crippen LogP contribution in [0, 0.1) is 11.8 Å². The van der Waals surface area contributed by atoms with E-state index in [1.165, 1.54) is 0 Å². The van der Waals surface area contributed by atoms with Gasteiger partial charge in [-0.1, -0.05) is 6.58 Å². The van der Waals surface area contributed by atoms with Gasteiger partial charge < -0.3 is 23.7 Å². The molecule has 0 amide bonds. The van der Waals surface area contributed by atoms with Gasteiger partial charge in [0.2, 0.25) is 0 Å². The summed E-state index contributed by atoms with van der Waals surface area (Å²) >= 11 is 6.53. The molecule has 9 heteroatoms. The van der Waals surface area contributed by atoms with Crippen molar-refractivity contribution in [2.45, 2.75) is 100 Å². The Kier molecular flexibility index (Phi) is 10.7. The molecule has 0 spiro atoms. The first-order chi connectivity index (χ1) is 16.4. The summed E-state index contributed by atoms with van der Waals surface area (Å²) < 4.78 is 27.2. The van der Waals surface area contributed by atoms with Gasteiger partial charge in [0, 0.05) is 13.2 Å². The normalized spacial score (nSPS) is 34.0. The van der Waals surface area contributed by atoms with Crippen molar-refractivity contribution in [3.05, 3.63) is 12.7 Å². The first-order valence-electron chi connectivity index (χ1n) is 12.4. The van der Waals surface area contributed by atoms with Crippen LogP contribution in [0.3, 0.4) is 0 Å². The Morgan fingerprint density at radius 3 is 2.03 bits per heavy atom. The average molecular weight is 501 g/mol. The Balaban J connectivity index is 1.34. The standard InChI is InChI=1S/C25H37ClO8/c1-3-23(27)32-15-31-19-7-4-16(5-8-19)24(28)34-22-13-6-17(14-21(22)26)25(29)33-20-11-9-18(30-2)10-12-20/h3,16-22H,1,4-15H2,2H3. The molecule has 0 aromatic heterocycles. The van der Waals surface area contributed by atoms with Crippen LogP contribution in [0.4, 0.5) is 0 Å². The third kappa shape index (κ3) is 7.95. The van der Waals surface area contributed by atoms with Crippen molar-refractivity contribution in [1.29, 1.82) is 0 Å². The summed E-state index contributed by atoms with van der Waals surface area (Å²) in [5.41, 5.74) is 0. The smallest absolute Gasteiger partial charge is 0.332 e. The molecule has 3 fully saturated rings. The molecule has 3 unspecified atom stereocenters. The van der Waals surface area contributed by atoms with Gasteiger partial charge in [0.25, 0.3) is 0 Å². The van der Waals surface area contributed by atoms with E-state index in [0.29, 0.717) is 44.9 Å².